The number of methoxy groups -OCH3 is 1. The lowest BCUT2D eigenvalue weighted by molar-refractivity contribution is -0.114. The molecule has 0 saturated carbocycles. The molecule has 2 aromatic rings. The van der Waals surface area contributed by atoms with Crippen molar-refractivity contribution < 1.29 is 22.7 Å². The monoisotopic (exact) mass is 441 g/mol. The van der Waals surface area contributed by atoms with E-state index in [1.807, 2.05) is 4.83 Å². The van der Waals surface area contributed by atoms with E-state index in [9.17, 15) is 18.0 Å². The van der Waals surface area contributed by atoms with Gasteiger partial charge in [0.05, 0.1) is 16.5 Å². The summed E-state index contributed by atoms with van der Waals surface area (Å²) in [5.41, 5.74) is 2.84. The van der Waals surface area contributed by atoms with Gasteiger partial charge in [0.15, 0.2) is 0 Å². The molecule has 2 amide bonds. The number of rotatable bonds is 6. The fourth-order valence-electron chi connectivity index (χ4n) is 1.97. The van der Waals surface area contributed by atoms with Crippen LogP contribution >= 0.6 is 15.9 Å². The highest BCUT2D eigenvalue weighted by Crippen LogP contribution is 2.25. The highest BCUT2D eigenvalue weighted by Gasteiger charge is 2.16. The molecule has 0 spiro atoms. The first kappa shape index (κ1) is 19.9. The molecule has 138 valence electrons. The van der Waals surface area contributed by atoms with Gasteiger partial charge in [0.1, 0.15) is 5.75 Å². The van der Waals surface area contributed by atoms with Gasteiger partial charge in [0, 0.05) is 18.2 Å². The summed E-state index contributed by atoms with van der Waals surface area (Å²) in [5, 5.41) is 2.53. The van der Waals surface area contributed by atoms with Crippen molar-refractivity contribution >= 4 is 43.5 Å². The van der Waals surface area contributed by atoms with E-state index in [4.69, 9.17) is 4.74 Å². The van der Waals surface area contributed by atoms with Crippen molar-refractivity contribution in [2.45, 2.75) is 11.8 Å². The number of hydrogen-bond donors (Lipinski definition) is 3. The molecule has 3 N–H and O–H groups in total. The van der Waals surface area contributed by atoms with Crippen LogP contribution in [0.15, 0.2) is 51.8 Å². The maximum absolute atomic E-state index is 12.2. The Morgan fingerprint density at radius 2 is 1.73 bits per heavy atom. The van der Waals surface area contributed by atoms with Crippen LogP contribution in [-0.4, -0.2) is 27.3 Å². The standard InChI is InChI=1S/C16H16BrN3O5S/c1-10(21)18-12-4-6-13(7-5-12)26(23,24)20-19-16(22)11-3-8-15(25-2)14(17)9-11/h3-9,20H,1-2H3,(H,18,21)(H,19,22). The normalized spacial score (nSPS) is 10.9. The zero-order chi connectivity index (χ0) is 19.3. The van der Waals surface area contributed by atoms with E-state index in [1.165, 1.54) is 50.4 Å². The summed E-state index contributed by atoms with van der Waals surface area (Å²) >= 11 is 3.25. The molecule has 0 aromatic heterocycles. The Morgan fingerprint density at radius 1 is 1.08 bits per heavy atom. The van der Waals surface area contributed by atoms with Crippen LogP contribution in [0.2, 0.25) is 0 Å². The first-order valence-electron chi connectivity index (χ1n) is 7.26. The van der Waals surface area contributed by atoms with Crippen molar-refractivity contribution in [2.75, 3.05) is 12.4 Å². The maximum Gasteiger partial charge on any atom is 0.266 e. The minimum Gasteiger partial charge on any atom is -0.496 e. The smallest absolute Gasteiger partial charge is 0.266 e. The molecule has 0 saturated heterocycles. The van der Waals surface area contributed by atoms with Crippen LogP contribution in [-0.2, 0) is 14.8 Å². The highest BCUT2D eigenvalue weighted by atomic mass is 79.9. The molecule has 0 aliphatic rings. The minimum atomic E-state index is -3.96. The summed E-state index contributed by atoms with van der Waals surface area (Å²) in [6.45, 7) is 1.35. The fourth-order valence-corrected chi connectivity index (χ4v) is 3.35. The van der Waals surface area contributed by atoms with E-state index < -0.39 is 15.9 Å². The zero-order valence-electron chi connectivity index (χ0n) is 13.9. The average molecular weight is 442 g/mol. The molecule has 0 atom stereocenters. The molecule has 0 unspecified atom stereocenters. The number of hydrazine groups is 1. The number of ether oxygens (including phenoxy) is 1. The molecule has 8 nitrogen and oxygen atoms in total. The van der Waals surface area contributed by atoms with Crippen molar-refractivity contribution in [3.63, 3.8) is 0 Å². The third kappa shape index (κ3) is 5.04. The summed E-state index contributed by atoms with van der Waals surface area (Å²) < 4.78 is 30.1. The lowest BCUT2D eigenvalue weighted by atomic mass is 10.2. The quantitative estimate of drug-likeness (QED) is 0.593. The van der Waals surface area contributed by atoms with Gasteiger partial charge in [0.2, 0.25) is 5.91 Å². The molecule has 2 rings (SSSR count). The first-order chi connectivity index (χ1) is 12.2. The topological polar surface area (TPSA) is 114 Å². The SMILES string of the molecule is COc1ccc(C(=O)NNS(=O)(=O)c2ccc(NC(C)=O)cc2)cc1Br. The predicted octanol–water partition coefficient (Wildman–Crippen LogP) is 2.04. The Morgan fingerprint density at radius 3 is 2.27 bits per heavy atom. The summed E-state index contributed by atoms with van der Waals surface area (Å²) in [4.78, 5) is 25.0. The number of amides is 2. The second-order valence-electron chi connectivity index (χ2n) is 5.11. The number of benzene rings is 2. The van der Waals surface area contributed by atoms with Gasteiger partial charge in [-0.25, -0.2) is 8.42 Å². The molecule has 0 aliphatic carbocycles. The predicted molar refractivity (Wildman–Crippen MR) is 99.2 cm³/mol. The molecule has 0 heterocycles. The van der Waals surface area contributed by atoms with Crippen LogP contribution in [0.5, 0.6) is 5.75 Å². The van der Waals surface area contributed by atoms with Crippen molar-refractivity contribution in [2.24, 2.45) is 0 Å². The van der Waals surface area contributed by atoms with Crippen LogP contribution in [0.25, 0.3) is 0 Å². The van der Waals surface area contributed by atoms with Crippen molar-refractivity contribution in [3.05, 3.63) is 52.5 Å². The number of sulfonamides is 1. The van der Waals surface area contributed by atoms with E-state index >= 15 is 0 Å². The third-order valence-corrected chi connectivity index (χ3v) is 5.08. The molecule has 0 fully saturated rings. The van der Waals surface area contributed by atoms with Crippen molar-refractivity contribution in [3.8, 4) is 5.75 Å². The lowest BCUT2D eigenvalue weighted by Gasteiger charge is -2.10. The van der Waals surface area contributed by atoms with Gasteiger partial charge in [-0.1, -0.05) is 0 Å². The highest BCUT2D eigenvalue weighted by molar-refractivity contribution is 9.10. The van der Waals surface area contributed by atoms with E-state index in [0.717, 1.165) is 0 Å². The van der Waals surface area contributed by atoms with Crippen molar-refractivity contribution in [1.29, 1.82) is 0 Å². The Bertz CT molecular complexity index is 929. The molecule has 26 heavy (non-hydrogen) atoms. The van der Waals surface area contributed by atoms with Gasteiger partial charge in [-0.2, -0.15) is 0 Å². The van der Waals surface area contributed by atoms with Gasteiger partial charge in [-0.15, -0.1) is 4.83 Å². The zero-order valence-corrected chi connectivity index (χ0v) is 16.3. The van der Waals surface area contributed by atoms with E-state index in [0.29, 0.717) is 15.9 Å². The van der Waals surface area contributed by atoms with Crippen molar-refractivity contribution in [1.82, 2.24) is 10.3 Å². The second kappa shape index (κ2) is 8.30. The molecular weight excluding hydrogens is 426 g/mol. The number of halogens is 1. The summed E-state index contributed by atoms with van der Waals surface area (Å²) in [6.07, 6.45) is 0. The molecular formula is C16H16BrN3O5S. The molecule has 10 heteroatoms. The lowest BCUT2D eigenvalue weighted by Crippen LogP contribution is -2.41. The summed E-state index contributed by atoms with van der Waals surface area (Å²) in [5.74, 6) is -0.357. The first-order valence-corrected chi connectivity index (χ1v) is 9.54. The van der Waals surface area contributed by atoms with E-state index in [-0.39, 0.29) is 16.4 Å². The van der Waals surface area contributed by atoms with E-state index in [1.54, 1.807) is 6.07 Å². The molecule has 0 aliphatic heterocycles. The summed E-state index contributed by atoms with van der Waals surface area (Å²) in [6, 6.07) is 10.1. The number of anilines is 1. The number of nitrogens with one attached hydrogen (secondary N) is 3. The largest absolute Gasteiger partial charge is 0.496 e. The molecule has 0 bridgehead atoms. The van der Waals surface area contributed by atoms with Crippen LogP contribution < -0.4 is 20.3 Å². The number of hydrogen-bond acceptors (Lipinski definition) is 5. The Labute approximate surface area is 159 Å². The second-order valence-corrected chi connectivity index (χ2v) is 7.65. The van der Waals surface area contributed by atoms with Crippen LogP contribution in [0, 0.1) is 0 Å². The Hall–Kier alpha value is -2.43. The fraction of sp³-hybridized carbons (Fsp3) is 0.125. The van der Waals surface area contributed by atoms with Crippen LogP contribution in [0.4, 0.5) is 5.69 Å². The average Bonchev–Trinajstić information content (AvgIpc) is 2.59. The number of carbonyl (C=O) groups is 2. The van der Waals surface area contributed by atoms with Gasteiger partial charge in [-0.05, 0) is 58.4 Å². The maximum atomic E-state index is 12.2. The van der Waals surface area contributed by atoms with Gasteiger partial charge < -0.3 is 10.1 Å². The third-order valence-electron chi connectivity index (χ3n) is 3.20. The van der Waals surface area contributed by atoms with Crippen LogP contribution in [0.1, 0.15) is 17.3 Å². The van der Waals surface area contributed by atoms with E-state index in [2.05, 4.69) is 26.7 Å². The Balaban J connectivity index is 2.06. The number of carbonyl (C=O) groups excluding carboxylic acids is 2. The van der Waals surface area contributed by atoms with Gasteiger partial charge in [-0.3, -0.25) is 15.0 Å². The molecule has 2 aromatic carbocycles. The Kier molecular flexibility index (Phi) is 6.35. The summed E-state index contributed by atoms with van der Waals surface area (Å²) in [7, 11) is -2.47. The van der Waals surface area contributed by atoms with Gasteiger partial charge in [0.25, 0.3) is 15.9 Å². The minimum absolute atomic E-state index is 0.0668. The van der Waals surface area contributed by atoms with Gasteiger partial charge >= 0.3 is 0 Å². The molecule has 0 radical (unpaired) electrons. The van der Waals surface area contributed by atoms with Crippen LogP contribution in [0.3, 0.4) is 0 Å².